The molecule has 0 fully saturated rings. The molecule has 0 atom stereocenters. The van der Waals surface area contributed by atoms with Crippen LogP contribution in [-0.2, 0) is 6.42 Å². The van der Waals surface area contributed by atoms with Crippen molar-refractivity contribution in [2.24, 2.45) is 0 Å². The summed E-state index contributed by atoms with van der Waals surface area (Å²) in [4.78, 5) is 12.1. The van der Waals surface area contributed by atoms with Crippen LogP contribution < -0.4 is 0 Å². The van der Waals surface area contributed by atoms with Gasteiger partial charge in [-0.25, -0.2) is 4.39 Å². The van der Waals surface area contributed by atoms with Gasteiger partial charge < -0.3 is 0 Å². The van der Waals surface area contributed by atoms with Gasteiger partial charge in [0.2, 0.25) is 0 Å². The zero-order valence-electron chi connectivity index (χ0n) is 10.2. The standard InChI is InChI=1S/C15H11Cl2FO/c1-9-2-3-11(6-13(9)17)15(19)7-10-4-5-12(16)8-14(10)18/h2-6,8H,7H2,1H3. The van der Waals surface area contributed by atoms with E-state index in [1.165, 1.54) is 12.1 Å². The molecular weight excluding hydrogens is 286 g/mol. The molecule has 0 N–H and O–H groups in total. The average Bonchev–Trinajstić information content (AvgIpc) is 2.36. The third-order valence-corrected chi connectivity index (χ3v) is 3.50. The van der Waals surface area contributed by atoms with E-state index >= 15 is 0 Å². The zero-order valence-corrected chi connectivity index (χ0v) is 11.7. The van der Waals surface area contributed by atoms with Gasteiger partial charge >= 0.3 is 0 Å². The molecule has 98 valence electrons. The fraction of sp³-hybridized carbons (Fsp3) is 0.133. The van der Waals surface area contributed by atoms with E-state index in [4.69, 9.17) is 23.2 Å². The quantitative estimate of drug-likeness (QED) is 0.739. The number of carbonyl (C=O) groups excluding carboxylic acids is 1. The molecule has 0 aromatic heterocycles. The third-order valence-electron chi connectivity index (χ3n) is 2.86. The Kier molecular flexibility index (Phi) is 4.23. The number of carbonyl (C=O) groups is 1. The fourth-order valence-electron chi connectivity index (χ4n) is 1.71. The highest BCUT2D eigenvalue weighted by Crippen LogP contribution is 2.20. The molecule has 0 heterocycles. The van der Waals surface area contributed by atoms with Crippen molar-refractivity contribution in [2.45, 2.75) is 13.3 Å². The Balaban J connectivity index is 2.23. The number of rotatable bonds is 3. The molecule has 2 aromatic carbocycles. The lowest BCUT2D eigenvalue weighted by Crippen LogP contribution is -2.05. The summed E-state index contributed by atoms with van der Waals surface area (Å²) >= 11 is 11.6. The molecule has 19 heavy (non-hydrogen) atoms. The molecule has 2 aromatic rings. The Bertz CT molecular complexity index is 638. The van der Waals surface area contributed by atoms with Gasteiger partial charge in [-0.05, 0) is 36.2 Å². The highest BCUT2D eigenvalue weighted by molar-refractivity contribution is 6.31. The van der Waals surface area contributed by atoms with E-state index < -0.39 is 5.82 Å². The fourth-order valence-corrected chi connectivity index (χ4v) is 2.05. The first-order valence-corrected chi connectivity index (χ1v) is 6.46. The summed E-state index contributed by atoms with van der Waals surface area (Å²) in [6, 6.07) is 9.35. The Hall–Kier alpha value is -1.38. The maximum Gasteiger partial charge on any atom is 0.167 e. The zero-order chi connectivity index (χ0) is 14.0. The maximum atomic E-state index is 13.6. The number of hydrogen-bond donors (Lipinski definition) is 0. The van der Waals surface area contributed by atoms with Crippen LogP contribution in [0.25, 0.3) is 0 Å². The molecule has 2 rings (SSSR count). The largest absolute Gasteiger partial charge is 0.294 e. The first-order chi connectivity index (χ1) is 8.97. The Morgan fingerprint density at radius 3 is 2.53 bits per heavy atom. The molecule has 0 radical (unpaired) electrons. The molecule has 4 heteroatoms. The lowest BCUT2D eigenvalue weighted by molar-refractivity contribution is 0.0992. The second kappa shape index (κ2) is 5.72. The summed E-state index contributed by atoms with van der Waals surface area (Å²) in [5.74, 6) is -0.651. The van der Waals surface area contributed by atoms with Crippen LogP contribution in [0.5, 0.6) is 0 Å². The van der Waals surface area contributed by atoms with Crippen molar-refractivity contribution in [1.29, 1.82) is 0 Å². The van der Waals surface area contributed by atoms with Crippen LogP contribution in [0.1, 0.15) is 21.5 Å². The van der Waals surface area contributed by atoms with E-state index in [1.54, 1.807) is 24.3 Å². The minimum atomic E-state index is -0.473. The molecule has 0 aliphatic rings. The number of aryl methyl sites for hydroxylation is 1. The number of Topliss-reactive ketones (excluding diaryl/α,β-unsaturated/α-hetero) is 1. The summed E-state index contributed by atoms with van der Waals surface area (Å²) in [5, 5.41) is 0.842. The van der Waals surface area contributed by atoms with Crippen molar-refractivity contribution in [3.8, 4) is 0 Å². The lowest BCUT2D eigenvalue weighted by Gasteiger charge is -2.05. The van der Waals surface area contributed by atoms with E-state index in [1.807, 2.05) is 6.92 Å². The van der Waals surface area contributed by atoms with E-state index in [9.17, 15) is 9.18 Å². The van der Waals surface area contributed by atoms with E-state index in [0.29, 0.717) is 21.2 Å². The molecular formula is C15H11Cl2FO. The van der Waals surface area contributed by atoms with Gasteiger partial charge in [-0.15, -0.1) is 0 Å². The first-order valence-electron chi connectivity index (χ1n) is 5.70. The summed E-state index contributed by atoms with van der Waals surface area (Å²) in [7, 11) is 0. The Labute approximate surface area is 121 Å². The monoisotopic (exact) mass is 296 g/mol. The van der Waals surface area contributed by atoms with Crippen LogP contribution in [0.3, 0.4) is 0 Å². The molecule has 0 unspecified atom stereocenters. The van der Waals surface area contributed by atoms with Crippen molar-refractivity contribution in [1.82, 2.24) is 0 Å². The highest BCUT2D eigenvalue weighted by atomic mass is 35.5. The molecule has 0 aliphatic heterocycles. The van der Waals surface area contributed by atoms with Crippen LogP contribution in [0.2, 0.25) is 10.0 Å². The van der Waals surface area contributed by atoms with Crippen LogP contribution in [-0.4, -0.2) is 5.78 Å². The molecule has 0 aliphatic carbocycles. The molecule has 1 nitrogen and oxygen atoms in total. The number of ketones is 1. The van der Waals surface area contributed by atoms with Crippen LogP contribution in [0, 0.1) is 12.7 Å². The summed E-state index contributed by atoms with van der Waals surface area (Å²) in [6.07, 6.45) is -0.0115. The Morgan fingerprint density at radius 1 is 1.16 bits per heavy atom. The number of benzene rings is 2. The van der Waals surface area contributed by atoms with Gasteiger partial charge in [-0.2, -0.15) is 0 Å². The van der Waals surface area contributed by atoms with Gasteiger partial charge in [0.05, 0.1) is 0 Å². The third kappa shape index (κ3) is 3.34. The van der Waals surface area contributed by atoms with Crippen LogP contribution in [0.15, 0.2) is 36.4 Å². The molecule has 0 bridgehead atoms. The number of halogens is 3. The topological polar surface area (TPSA) is 17.1 Å². The first kappa shape index (κ1) is 14.0. The Morgan fingerprint density at radius 2 is 1.89 bits per heavy atom. The lowest BCUT2D eigenvalue weighted by atomic mass is 10.0. The normalized spacial score (nSPS) is 10.5. The predicted molar refractivity (Wildman–Crippen MR) is 75.6 cm³/mol. The predicted octanol–water partition coefficient (Wildman–Crippen LogP) is 4.87. The summed E-state index contributed by atoms with van der Waals surface area (Å²) in [5.41, 5.74) is 1.70. The second-order valence-corrected chi connectivity index (χ2v) is 5.14. The van der Waals surface area contributed by atoms with Crippen LogP contribution in [0.4, 0.5) is 4.39 Å². The summed E-state index contributed by atoms with van der Waals surface area (Å²) in [6.45, 7) is 1.86. The molecule has 0 saturated heterocycles. The van der Waals surface area contributed by atoms with Gasteiger partial charge in [-0.1, -0.05) is 41.4 Å². The molecule has 0 saturated carbocycles. The van der Waals surface area contributed by atoms with Gasteiger partial charge in [0.15, 0.2) is 5.78 Å². The minimum absolute atomic E-state index is 0.0115. The van der Waals surface area contributed by atoms with Gasteiger partial charge in [0.25, 0.3) is 0 Å². The molecule has 0 spiro atoms. The highest BCUT2D eigenvalue weighted by Gasteiger charge is 2.12. The van der Waals surface area contributed by atoms with Gasteiger partial charge in [-0.3, -0.25) is 4.79 Å². The maximum absolute atomic E-state index is 13.6. The van der Waals surface area contributed by atoms with Gasteiger partial charge in [0.1, 0.15) is 5.82 Å². The summed E-state index contributed by atoms with van der Waals surface area (Å²) < 4.78 is 13.6. The van der Waals surface area contributed by atoms with Crippen molar-refractivity contribution in [3.05, 3.63) is 69.0 Å². The van der Waals surface area contributed by atoms with Crippen molar-refractivity contribution in [2.75, 3.05) is 0 Å². The van der Waals surface area contributed by atoms with Crippen molar-refractivity contribution < 1.29 is 9.18 Å². The second-order valence-electron chi connectivity index (χ2n) is 4.30. The minimum Gasteiger partial charge on any atom is -0.294 e. The van der Waals surface area contributed by atoms with E-state index in [2.05, 4.69) is 0 Å². The average molecular weight is 297 g/mol. The molecule has 0 amide bonds. The number of hydrogen-bond acceptors (Lipinski definition) is 1. The van der Waals surface area contributed by atoms with E-state index in [-0.39, 0.29) is 12.2 Å². The smallest absolute Gasteiger partial charge is 0.167 e. The van der Waals surface area contributed by atoms with Crippen LogP contribution >= 0.6 is 23.2 Å². The van der Waals surface area contributed by atoms with Gasteiger partial charge in [0, 0.05) is 22.0 Å². The van der Waals surface area contributed by atoms with Crippen molar-refractivity contribution in [3.63, 3.8) is 0 Å². The van der Waals surface area contributed by atoms with E-state index in [0.717, 1.165) is 5.56 Å². The SMILES string of the molecule is Cc1ccc(C(=O)Cc2ccc(Cl)cc2F)cc1Cl. The van der Waals surface area contributed by atoms with Crippen molar-refractivity contribution >= 4 is 29.0 Å².